The van der Waals surface area contributed by atoms with Crippen molar-refractivity contribution in [3.63, 3.8) is 0 Å². The molecule has 1 fully saturated rings. The lowest BCUT2D eigenvalue weighted by atomic mass is 10.2. The summed E-state index contributed by atoms with van der Waals surface area (Å²) in [7, 11) is 0. The van der Waals surface area contributed by atoms with Gasteiger partial charge >= 0.3 is 0 Å². The van der Waals surface area contributed by atoms with Crippen LogP contribution in [0.3, 0.4) is 0 Å². The molecule has 5 nitrogen and oxygen atoms in total. The number of carbonyl (C=O) groups is 2. The van der Waals surface area contributed by atoms with Crippen LogP contribution in [0, 0.1) is 0 Å². The van der Waals surface area contributed by atoms with Crippen molar-refractivity contribution in [2.24, 2.45) is 0 Å². The maximum absolute atomic E-state index is 12.0. The Bertz CT molecular complexity index is 303. The number of hydrogen-bond acceptors (Lipinski definition) is 3. The van der Waals surface area contributed by atoms with E-state index in [1.165, 1.54) is 0 Å². The third kappa shape index (κ3) is 4.64. The van der Waals surface area contributed by atoms with Gasteiger partial charge in [-0.15, -0.1) is 0 Å². The van der Waals surface area contributed by atoms with Crippen LogP contribution in [0.15, 0.2) is 0 Å². The van der Waals surface area contributed by atoms with E-state index in [2.05, 4.69) is 10.6 Å². The van der Waals surface area contributed by atoms with Crippen LogP contribution in [-0.2, 0) is 9.59 Å². The molecule has 0 spiro atoms. The fourth-order valence-corrected chi connectivity index (χ4v) is 2.15. The van der Waals surface area contributed by atoms with E-state index in [0.29, 0.717) is 19.0 Å². The van der Waals surface area contributed by atoms with E-state index in [-0.39, 0.29) is 23.9 Å². The average molecular weight is 255 g/mol. The number of amides is 2. The molecule has 1 atom stereocenters. The Balaban J connectivity index is 2.32. The van der Waals surface area contributed by atoms with Gasteiger partial charge in [0.1, 0.15) is 0 Å². The first-order valence-electron chi connectivity index (χ1n) is 6.74. The number of nitrogens with zero attached hydrogens (tertiary/aromatic N) is 1. The van der Waals surface area contributed by atoms with Crippen LogP contribution in [0.4, 0.5) is 0 Å². The van der Waals surface area contributed by atoms with Crippen molar-refractivity contribution in [3.05, 3.63) is 0 Å². The van der Waals surface area contributed by atoms with Crippen molar-refractivity contribution in [1.82, 2.24) is 15.5 Å². The van der Waals surface area contributed by atoms with Gasteiger partial charge in [0.2, 0.25) is 11.8 Å². The molecule has 0 aromatic carbocycles. The third-order valence-corrected chi connectivity index (χ3v) is 2.89. The largest absolute Gasteiger partial charge is 0.354 e. The Morgan fingerprint density at radius 1 is 1.33 bits per heavy atom. The molecule has 104 valence electrons. The summed E-state index contributed by atoms with van der Waals surface area (Å²) in [5, 5.41) is 6.08. The fraction of sp³-hybridized carbons (Fsp3) is 0.846. The summed E-state index contributed by atoms with van der Waals surface area (Å²) in [5.41, 5.74) is 0. The van der Waals surface area contributed by atoms with Crippen LogP contribution in [-0.4, -0.2) is 47.9 Å². The Morgan fingerprint density at radius 3 is 2.56 bits per heavy atom. The second-order valence-corrected chi connectivity index (χ2v) is 5.46. The van der Waals surface area contributed by atoms with Crippen LogP contribution in [0.1, 0.15) is 40.5 Å². The van der Waals surface area contributed by atoms with Gasteiger partial charge in [0.15, 0.2) is 0 Å². The molecule has 0 aliphatic carbocycles. The molecule has 1 rings (SSSR count). The van der Waals surface area contributed by atoms with Gasteiger partial charge in [0.25, 0.3) is 0 Å². The summed E-state index contributed by atoms with van der Waals surface area (Å²) < 4.78 is 0. The number of nitrogens with one attached hydrogen (secondary N) is 2. The summed E-state index contributed by atoms with van der Waals surface area (Å²) in [6.07, 6.45) is 1.22. The van der Waals surface area contributed by atoms with E-state index in [9.17, 15) is 9.59 Å². The quantitative estimate of drug-likeness (QED) is 0.726. The topological polar surface area (TPSA) is 61.4 Å². The molecule has 1 aliphatic heterocycles. The highest BCUT2D eigenvalue weighted by molar-refractivity contribution is 5.84. The van der Waals surface area contributed by atoms with E-state index in [0.717, 1.165) is 13.0 Å². The summed E-state index contributed by atoms with van der Waals surface area (Å²) in [5.74, 6) is 0.138. The highest BCUT2D eigenvalue weighted by Crippen LogP contribution is 2.12. The number of hydrogen-bond donors (Lipinski definition) is 2. The standard InChI is InChI=1S/C13H25N3O2/c1-9(2)14-11-5-7-16(13(11)18)8-6-12(17)15-10(3)4/h9-11,14H,5-8H2,1-4H3,(H,15,17). The van der Waals surface area contributed by atoms with E-state index in [1.54, 1.807) is 4.90 Å². The van der Waals surface area contributed by atoms with Crippen LogP contribution in [0.5, 0.6) is 0 Å². The van der Waals surface area contributed by atoms with Gasteiger partial charge in [-0.25, -0.2) is 0 Å². The molecule has 0 radical (unpaired) electrons. The number of likely N-dealkylation sites (tertiary alicyclic amines) is 1. The lowest BCUT2D eigenvalue weighted by Gasteiger charge is -2.18. The third-order valence-electron chi connectivity index (χ3n) is 2.89. The maximum Gasteiger partial charge on any atom is 0.239 e. The van der Waals surface area contributed by atoms with E-state index < -0.39 is 0 Å². The van der Waals surface area contributed by atoms with E-state index in [1.807, 2.05) is 27.7 Å². The Morgan fingerprint density at radius 2 is 2.00 bits per heavy atom. The molecule has 2 amide bonds. The molecule has 0 aromatic heterocycles. The lowest BCUT2D eigenvalue weighted by Crippen LogP contribution is -2.42. The monoisotopic (exact) mass is 255 g/mol. The molecular formula is C13H25N3O2. The zero-order valence-corrected chi connectivity index (χ0v) is 11.8. The summed E-state index contributed by atoms with van der Waals surface area (Å²) in [4.78, 5) is 25.3. The lowest BCUT2D eigenvalue weighted by molar-refractivity contribution is -0.130. The first kappa shape index (κ1) is 15.0. The first-order chi connectivity index (χ1) is 8.40. The molecule has 0 saturated carbocycles. The van der Waals surface area contributed by atoms with E-state index >= 15 is 0 Å². The normalized spacial score (nSPS) is 20.0. The van der Waals surface area contributed by atoms with Crippen molar-refractivity contribution in [2.45, 2.75) is 58.7 Å². The van der Waals surface area contributed by atoms with Gasteiger partial charge in [0.05, 0.1) is 6.04 Å². The zero-order chi connectivity index (χ0) is 13.7. The van der Waals surface area contributed by atoms with Crippen LogP contribution in [0.25, 0.3) is 0 Å². The molecule has 0 bridgehead atoms. The Hall–Kier alpha value is -1.10. The van der Waals surface area contributed by atoms with Gasteiger partial charge in [-0.05, 0) is 20.3 Å². The summed E-state index contributed by atoms with van der Waals surface area (Å²) in [6, 6.07) is 0.392. The first-order valence-corrected chi connectivity index (χ1v) is 6.74. The molecule has 1 saturated heterocycles. The number of rotatable bonds is 6. The molecule has 2 N–H and O–H groups in total. The Kier molecular flexibility index (Phi) is 5.59. The van der Waals surface area contributed by atoms with Crippen molar-refractivity contribution < 1.29 is 9.59 Å². The van der Waals surface area contributed by atoms with Gasteiger partial charge in [0, 0.05) is 31.6 Å². The van der Waals surface area contributed by atoms with Crippen molar-refractivity contribution >= 4 is 11.8 Å². The molecule has 0 aromatic rings. The highest BCUT2D eigenvalue weighted by atomic mass is 16.2. The fourth-order valence-electron chi connectivity index (χ4n) is 2.15. The van der Waals surface area contributed by atoms with Gasteiger partial charge in [-0.2, -0.15) is 0 Å². The SMILES string of the molecule is CC(C)NC(=O)CCN1CCC(NC(C)C)C1=O. The highest BCUT2D eigenvalue weighted by Gasteiger charge is 2.31. The minimum absolute atomic E-state index is 0.0121. The maximum atomic E-state index is 12.0. The van der Waals surface area contributed by atoms with Crippen LogP contribution < -0.4 is 10.6 Å². The second-order valence-electron chi connectivity index (χ2n) is 5.46. The molecule has 1 heterocycles. The minimum atomic E-state index is -0.0711. The second kappa shape index (κ2) is 6.73. The van der Waals surface area contributed by atoms with Crippen molar-refractivity contribution in [3.8, 4) is 0 Å². The molecule has 1 aliphatic rings. The zero-order valence-electron chi connectivity index (χ0n) is 11.8. The van der Waals surface area contributed by atoms with E-state index in [4.69, 9.17) is 0 Å². The van der Waals surface area contributed by atoms with Crippen LogP contribution in [0.2, 0.25) is 0 Å². The van der Waals surface area contributed by atoms with Crippen molar-refractivity contribution in [1.29, 1.82) is 0 Å². The summed E-state index contributed by atoms with van der Waals surface area (Å²) in [6.45, 7) is 9.20. The van der Waals surface area contributed by atoms with Crippen LogP contribution >= 0.6 is 0 Å². The average Bonchev–Trinajstić information content (AvgIpc) is 2.56. The number of carbonyl (C=O) groups excluding carboxylic acids is 2. The smallest absolute Gasteiger partial charge is 0.239 e. The summed E-state index contributed by atoms with van der Waals surface area (Å²) >= 11 is 0. The molecular weight excluding hydrogens is 230 g/mol. The minimum Gasteiger partial charge on any atom is -0.354 e. The predicted octanol–water partition coefficient (Wildman–Crippen LogP) is 0.500. The molecule has 1 unspecified atom stereocenters. The van der Waals surface area contributed by atoms with Crippen molar-refractivity contribution in [2.75, 3.05) is 13.1 Å². The van der Waals surface area contributed by atoms with Gasteiger partial charge in [-0.1, -0.05) is 13.8 Å². The predicted molar refractivity (Wildman–Crippen MR) is 71.2 cm³/mol. The Labute approximate surface area is 109 Å². The van der Waals surface area contributed by atoms with Gasteiger partial charge in [-0.3, -0.25) is 9.59 Å². The van der Waals surface area contributed by atoms with Gasteiger partial charge < -0.3 is 15.5 Å². The molecule has 5 heteroatoms. The molecule has 18 heavy (non-hydrogen) atoms.